The summed E-state index contributed by atoms with van der Waals surface area (Å²) in [5, 5.41) is 8.77. The Bertz CT molecular complexity index is 435. The van der Waals surface area contributed by atoms with Gasteiger partial charge in [0, 0.05) is 12.8 Å². The molecule has 0 spiro atoms. The number of unbranched alkanes of at least 4 members (excludes halogenated alkanes) is 17. The maximum Gasteiger partial charge on any atom is 0.306 e. The van der Waals surface area contributed by atoms with E-state index in [-0.39, 0.29) is 18.5 Å². The zero-order valence-electron chi connectivity index (χ0n) is 22.2. The lowest BCUT2D eigenvalue weighted by Gasteiger charge is -2.18. The molecule has 33 heavy (non-hydrogen) atoms. The van der Waals surface area contributed by atoms with Crippen LogP contribution in [0, 0.1) is 0 Å². The van der Waals surface area contributed by atoms with Crippen LogP contribution in [0.15, 0.2) is 0 Å². The molecule has 0 heterocycles. The van der Waals surface area contributed by atoms with Gasteiger partial charge in [0.1, 0.15) is 6.10 Å². The van der Waals surface area contributed by atoms with Crippen LogP contribution in [0.5, 0.6) is 0 Å². The summed E-state index contributed by atoms with van der Waals surface area (Å²) in [4.78, 5) is 23.0. The van der Waals surface area contributed by atoms with Gasteiger partial charge < -0.3 is 9.84 Å². The van der Waals surface area contributed by atoms with Crippen LogP contribution >= 0.6 is 0 Å². The molecule has 1 unspecified atom stereocenters. The van der Waals surface area contributed by atoms with Gasteiger partial charge >= 0.3 is 11.9 Å². The lowest BCUT2D eigenvalue weighted by Crippen LogP contribution is -2.18. The van der Waals surface area contributed by atoms with Crippen LogP contribution in [-0.2, 0) is 14.3 Å². The molecule has 0 aliphatic carbocycles. The van der Waals surface area contributed by atoms with E-state index in [4.69, 9.17) is 9.84 Å². The molecule has 0 aromatic rings. The first-order chi connectivity index (χ1) is 16.1. The summed E-state index contributed by atoms with van der Waals surface area (Å²) in [6, 6.07) is 0. The lowest BCUT2D eigenvalue weighted by molar-refractivity contribution is -0.150. The van der Waals surface area contributed by atoms with Crippen LogP contribution in [0.3, 0.4) is 0 Å². The third-order valence-electron chi connectivity index (χ3n) is 6.58. The van der Waals surface area contributed by atoms with Crippen molar-refractivity contribution in [3.8, 4) is 0 Å². The van der Waals surface area contributed by atoms with Gasteiger partial charge in [-0.25, -0.2) is 0 Å². The van der Waals surface area contributed by atoms with Gasteiger partial charge in [-0.15, -0.1) is 0 Å². The van der Waals surface area contributed by atoms with Crippen molar-refractivity contribution in [2.45, 2.75) is 174 Å². The van der Waals surface area contributed by atoms with Crippen molar-refractivity contribution in [1.29, 1.82) is 0 Å². The minimum absolute atomic E-state index is 0.0151. The van der Waals surface area contributed by atoms with Crippen molar-refractivity contribution in [3.63, 3.8) is 0 Å². The van der Waals surface area contributed by atoms with Gasteiger partial charge in [-0.1, -0.05) is 117 Å². The third-order valence-corrected chi connectivity index (χ3v) is 6.58. The fourth-order valence-electron chi connectivity index (χ4n) is 4.42. The smallest absolute Gasteiger partial charge is 0.306 e. The number of carbonyl (C=O) groups excluding carboxylic acids is 1. The van der Waals surface area contributed by atoms with Gasteiger partial charge in [0.15, 0.2) is 0 Å². The lowest BCUT2D eigenvalue weighted by atomic mass is 10.0. The van der Waals surface area contributed by atoms with Crippen LogP contribution in [0.1, 0.15) is 168 Å². The van der Waals surface area contributed by atoms with E-state index in [1.165, 1.54) is 89.9 Å². The van der Waals surface area contributed by atoms with Gasteiger partial charge in [0.2, 0.25) is 0 Å². The third kappa shape index (κ3) is 25.4. The molecule has 0 saturated heterocycles. The minimum Gasteiger partial charge on any atom is -0.481 e. The molecule has 0 aromatic heterocycles. The normalized spacial score (nSPS) is 12.1. The average Bonchev–Trinajstić information content (AvgIpc) is 2.79. The van der Waals surface area contributed by atoms with Crippen molar-refractivity contribution in [3.05, 3.63) is 0 Å². The van der Waals surface area contributed by atoms with Crippen molar-refractivity contribution < 1.29 is 19.4 Å². The largest absolute Gasteiger partial charge is 0.481 e. The summed E-state index contributed by atoms with van der Waals surface area (Å²) >= 11 is 0. The Kier molecular flexibility index (Phi) is 24.7. The molecule has 0 bridgehead atoms. The number of carboxylic acid groups (broad SMARTS) is 1. The van der Waals surface area contributed by atoms with Crippen LogP contribution in [0.25, 0.3) is 0 Å². The number of ether oxygens (including phenoxy) is 1. The first-order valence-electron chi connectivity index (χ1n) is 14.5. The summed E-state index contributed by atoms with van der Waals surface area (Å²) in [5.74, 6) is -0.762. The maximum absolute atomic E-state index is 12.3. The molecule has 0 fully saturated rings. The van der Waals surface area contributed by atoms with Crippen molar-refractivity contribution >= 4 is 11.9 Å². The SMILES string of the molecule is CCCCCCCCCCCCCCC(=O)OC(CCCCCCC)CCCCCC(=O)O. The van der Waals surface area contributed by atoms with Crippen LogP contribution in [0.4, 0.5) is 0 Å². The van der Waals surface area contributed by atoms with E-state index in [1.807, 2.05) is 0 Å². The second-order valence-corrected chi connectivity index (χ2v) is 9.95. The van der Waals surface area contributed by atoms with E-state index < -0.39 is 5.97 Å². The zero-order valence-corrected chi connectivity index (χ0v) is 22.2. The molecule has 0 radical (unpaired) electrons. The molecule has 0 rings (SSSR count). The van der Waals surface area contributed by atoms with E-state index in [1.54, 1.807) is 0 Å². The highest BCUT2D eigenvalue weighted by Crippen LogP contribution is 2.18. The Hall–Kier alpha value is -1.06. The summed E-state index contributed by atoms with van der Waals surface area (Å²) < 4.78 is 5.83. The fourth-order valence-corrected chi connectivity index (χ4v) is 4.42. The topological polar surface area (TPSA) is 63.6 Å². The van der Waals surface area contributed by atoms with Crippen LogP contribution < -0.4 is 0 Å². The van der Waals surface area contributed by atoms with E-state index in [9.17, 15) is 9.59 Å². The molecule has 0 aliphatic heterocycles. The molecule has 1 N–H and O–H groups in total. The summed E-state index contributed by atoms with van der Waals surface area (Å²) in [7, 11) is 0. The number of carbonyl (C=O) groups is 2. The highest BCUT2D eigenvalue weighted by atomic mass is 16.5. The Labute approximate surface area is 205 Å². The molecular weight excluding hydrogens is 412 g/mol. The van der Waals surface area contributed by atoms with Gasteiger partial charge in [-0.05, 0) is 38.5 Å². The molecule has 4 nitrogen and oxygen atoms in total. The van der Waals surface area contributed by atoms with Crippen molar-refractivity contribution in [2.24, 2.45) is 0 Å². The van der Waals surface area contributed by atoms with E-state index in [0.29, 0.717) is 12.8 Å². The van der Waals surface area contributed by atoms with E-state index in [2.05, 4.69) is 13.8 Å². The summed E-state index contributed by atoms with van der Waals surface area (Å²) in [5.41, 5.74) is 0. The zero-order chi connectivity index (χ0) is 24.4. The van der Waals surface area contributed by atoms with Crippen LogP contribution in [-0.4, -0.2) is 23.1 Å². The van der Waals surface area contributed by atoms with Gasteiger partial charge in [0.25, 0.3) is 0 Å². The number of rotatable bonds is 26. The van der Waals surface area contributed by atoms with E-state index in [0.717, 1.165) is 44.9 Å². The first-order valence-corrected chi connectivity index (χ1v) is 14.5. The average molecular weight is 469 g/mol. The molecule has 196 valence electrons. The number of hydrogen-bond acceptors (Lipinski definition) is 3. The molecule has 0 aliphatic rings. The van der Waals surface area contributed by atoms with Gasteiger partial charge in [-0.2, -0.15) is 0 Å². The predicted molar refractivity (Wildman–Crippen MR) is 140 cm³/mol. The highest BCUT2D eigenvalue weighted by molar-refractivity contribution is 5.69. The molecule has 4 heteroatoms. The number of carboxylic acids is 1. The Balaban J connectivity index is 3.85. The Morgan fingerprint density at radius 1 is 0.545 bits per heavy atom. The second-order valence-electron chi connectivity index (χ2n) is 9.95. The molecule has 0 amide bonds. The van der Waals surface area contributed by atoms with Gasteiger partial charge in [-0.3, -0.25) is 9.59 Å². The highest BCUT2D eigenvalue weighted by Gasteiger charge is 2.14. The monoisotopic (exact) mass is 468 g/mol. The summed E-state index contributed by atoms with van der Waals surface area (Å²) in [6.45, 7) is 4.48. The van der Waals surface area contributed by atoms with Crippen molar-refractivity contribution in [1.82, 2.24) is 0 Å². The number of hydrogen-bond donors (Lipinski definition) is 1. The van der Waals surface area contributed by atoms with Gasteiger partial charge in [0.05, 0.1) is 0 Å². The molecule has 1 atom stereocenters. The first kappa shape index (κ1) is 31.9. The summed E-state index contributed by atoms with van der Waals surface area (Å²) in [6.07, 6.45) is 26.8. The second kappa shape index (κ2) is 25.6. The molecule has 0 aromatic carbocycles. The molecular formula is C29H56O4. The number of esters is 1. The molecule has 0 saturated carbocycles. The number of aliphatic carboxylic acids is 1. The maximum atomic E-state index is 12.3. The quantitative estimate of drug-likeness (QED) is 0.101. The van der Waals surface area contributed by atoms with Crippen molar-refractivity contribution in [2.75, 3.05) is 0 Å². The van der Waals surface area contributed by atoms with Crippen LogP contribution in [0.2, 0.25) is 0 Å². The standard InChI is InChI=1S/C29H56O4/c1-3-5-7-9-10-11-12-13-14-15-17-22-26-29(32)33-27(23-19-16-8-6-4-2)24-20-18-21-25-28(30)31/h27H,3-26H2,1-2H3,(H,30,31). The minimum atomic E-state index is -0.726. The Morgan fingerprint density at radius 3 is 1.36 bits per heavy atom. The predicted octanol–water partition coefficient (Wildman–Crippen LogP) is 9.39. The fraction of sp³-hybridized carbons (Fsp3) is 0.931. The Morgan fingerprint density at radius 2 is 0.909 bits per heavy atom. The van der Waals surface area contributed by atoms with E-state index >= 15 is 0 Å².